The van der Waals surface area contributed by atoms with Crippen LogP contribution in [0.4, 0.5) is 0 Å². The smallest absolute Gasteiger partial charge is 0.0582 e. The highest BCUT2D eigenvalue weighted by atomic mass is 16.3. The zero-order valence-corrected chi connectivity index (χ0v) is 9.34. The van der Waals surface area contributed by atoms with Crippen LogP contribution in [-0.4, -0.2) is 23.8 Å². The van der Waals surface area contributed by atoms with Gasteiger partial charge in [-0.15, -0.1) is 0 Å². The van der Waals surface area contributed by atoms with Gasteiger partial charge in [-0.1, -0.05) is 32.6 Å². The van der Waals surface area contributed by atoms with Crippen molar-refractivity contribution in [3.8, 4) is 0 Å². The van der Waals surface area contributed by atoms with E-state index in [0.29, 0.717) is 6.04 Å². The lowest BCUT2D eigenvalue weighted by Crippen LogP contribution is -2.36. The Bertz CT molecular complexity index is 106. The van der Waals surface area contributed by atoms with Crippen molar-refractivity contribution in [1.29, 1.82) is 0 Å². The van der Waals surface area contributed by atoms with Gasteiger partial charge < -0.3 is 10.4 Å². The second-order valence-electron chi connectivity index (χ2n) is 4.00. The molecule has 2 N–H and O–H groups in total. The molecule has 0 aliphatic carbocycles. The van der Waals surface area contributed by atoms with Crippen LogP contribution in [0.15, 0.2) is 0 Å². The molecule has 1 unspecified atom stereocenters. The van der Waals surface area contributed by atoms with Gasteiger partial charge in [0.25, 0.3) is 0 Å². The molecule has 0 aromatic heterocycles. The molecule has 0 fully saturated rings. The molecule has 0 radical (unpaired) electrons. The average Bonchev–Trinajstić information content (AvgIpc) is 2.12. The predicted molar refractivity (Wildman–Crippen MR) is 57.9 cm³/mol. The highest BCUT2D eigenvalue weighted by Gasteiger charge is 2.04. The minimum Gasteiger partial charge on any atom is -0.395 e. The molecule has 80 valence electrons. The third-order valence-electron chi connectivity index (χ3n) is 2.33. The van der Waals surface area contributed by atoms with E-state index in [1.165, 1.54) is 32.1 Å². The first kappa shape index (κ1) is 12.9. The molecule has 0 heterocycles. The molecule has 13 heavy (non-hydrogen) atoms. The quantitative estimate of drug-likeness (QED) is 0.572. The Kier molecular flexibility index (Phi) is 8.46. The maximum Gasteiger partial charge on any atom is 0.0582 e. The zero-order chi connectivity index (χ0) is 10.1. The van der Waals surface area contributed by atoms with Gasteiger partial charge in [-0.25, -0.2) is 0 Å². The van der Waals surface area contributed by atoms with Crippen LogP contribution < -0.4 is 5.32 Å². The second-order valence-corrected chi connectivity index (χ2v) is 4.00. The molecule has 2 heteroatoms. The minimum atomic E-state index is 0.235. The molecular formula is C11H25NO. The Morgan fingerprint density at radius 1 is 1.08 bits per heavy atom. The van der Waals surface area contributed by atoms with Crippen LogP contribution in [0.2, 0.25) is 0 Å². The molecule has 0 saturated heterocycles. The van der Waals surface area contributed by atoms with Gasteiger partial charge in [0.1, 0.15) is 0 Å². The van der Waals surface area contributed by atoms with Gasteiger partial charge in [0.05, 0.1) is 6.61 Å². The summed E-state index contributed by atoms with van der Waals surface area (Å²) in [5.41, 5.74) is 0. The number of hydrogen-bond donors (Lipinski definition) is 2. The number of unbranched alkanes of at least 4 members (excludes halogenated alkanes) is 3. The Labute approximate surface area is 82.7 Å². The van der Waals surface area contributed by atoms with Crippen LogP contribution in [-0.2, 0) is 0 Å². The van der Waals surface area contributed by atoms with E-state index in [1.54, 1.807) is 0 Å². The maximum atomic E-state index is 8.83. The zero-order valence-electron chi connectivity index (χ0n) is 9.34. The SMILES string of the molecule is CCCCCCC(C)N[C@H](C)CO. The Morgan fingerprint density at radius 3 is 2.31 bits per heavy atom. The fourth-order valence-corrected chi connectivity index (χ4v) is 1.50. The van der Waals surface area contributed by atoms with E-state index in [2.05, 4.69) is 19.2 Å². The van der Waals surface area contributed by atoms with Crippen molar-refractivity contribution >= 4 is 0 Å². The van der Waals surface area contributed by atoms with Gasteiger partial charge in [-0.05, 0) is 20.3 Å². The van der Waals surface area contributed by atoms with E-state index in [9.17, 15) is 0 Å². The fraction of sp³-hybridized carbons (Fsp3) is 1.00. The van der Waals surface area contributed by atoms with E-state index < -0.39 is 0 Å². The number of rotatable bonds is 8. The minimum absolute atomic E-state index is 0.235. The van der Waals surface area contributed by atoms with Crippen molar-refractivity contribution in [3.63, 3.8) is 0 Å². The molecule has 0 rings (SSSR count). The maximum absolute atomic E-state index is 8.83. The predicted octanol–water partition coefficient (Wildman–Crippen LogP) is 2.32. The van der Waals surface area contributed by atoms with Crippen LogP contribution in [0.5, 0.6) is 0 Å². The highest BCUT2D eigenvalue weighted by molar-refractivity contribution is 4.66. The van der Waals surface area contributed by atoms with Crippen molar-refractivity contribution in [3.05, 3.63) is 0 Å². The molecule has 0 aliphatic heterocycles. The molecule has 2 nitrogen and oxygen atoms in total. The van der Waals surface area contributed by atoms with Crippen molar-refractivity contribution in [1.82, 2.24) is 5.32 Å². The van der Waals surface area contributed by atoms with Gasteiger partial charge in [-0.3, -0.25) is 0 Å². The summed E-state index contributed by atoms with van der Waals surface area (Å²) in [6.07, 6.45) is 6.53. The summed E-state index contributed by atoms with van der Waals surface area (Å²) in [6, 6.07) is 0.778. The van der Waals surface area contributed by atoms with Gasteiger partial charge in [-0.2, -0.15) is 0 Å². The largest absolute Gasteiger partial charge is 0.395 e. The molecule has 0 bridgehead atoms. The molecule has 0 spiro atoms. The number of aliphatic hydroxyl groups is 1. The van der Waals surface area contributed by atoms with Gasteiger partial charge in [0.15, 0.2) is 0 Å². The molecule has 0 aromatic rings. The van der Waals surface area contributed by atoms with Crippen LogP contribution in [0, 0.1) is 0 Å². The molecule has 0 aromatic carbocycles. The van der Waals surface area contributed by atoms with Crippen molar-refractivity contribution in [2.24, 2.45) is 0 Å². The number of hydrogen-bond acceptors (Lipinski definition) is 2. The fourth-order valence-electron chi connectivity index (χ4n) is 1.50. The van der Waals surface area contributed by atoms with Gasteiger partial charge >= 0.3 is 0 Å². The Balaban J connectivity index is 3.24. The lowest BCUT2D eigenvalue weighted by molar-refractivity contribution is 0.240. The van der Waals surface area contributed by atoms with Crippen molar-refractivity contribution in [2.45, 2.75) is 65.0 Å². The summed E-state index contributed by atoms with van der Waals surface area (Å²) in [6.45, 7) is 6.68. The molecule has 0 aliphatic rings. The third kappa shape index (κ3) is 8.26. The van der Waals surface area contributed by atoms with Crippen molar-refractivity contribution < 1.29 is 5.11 Å². The van der Waals surface area contributed by atoms with E-state index in [1.807, 2.05) is 6.92 Å². The van der Waals surface area contributed by atoms with Crippen LogP contribution >= 0.6 is 0 Å². The second kappa shape index (κ2) is 8.52. The lowest BCUT2D eigenvalue weighted by Gasteiger charge is -2.17. The molecular weight excluding hydrogens is 162 g/mol. The first-order chi connectivity index (χ1) is 6.20. The number of nitrogens with one attached hydrogen (secondary N) is 1. The Morgan fingerprint density at radius 2 is 1.77 bits per heavy atom. The van der Waals surface area contributed by atoms with E-state index in [4.69, 9.17) is 5.11 Å². The van der Waals surface area contributed by atoms with Crippen LogP contribution in [0.1, 0.15) is 52.9 Å². The van der Waals surface area contributed by atoms with Gasteiger partial charge in [0, 0.05) is 12.1 Å². The monoisotopic (exact) mass is 187 g/mol. The third-order valence-corrected chi connectivity index (χ3v) is 2.33. The molecule has 0 saturated carbocycles. The average molecular weight is 187 g/mol. The van der Waals surface area contributed by atoms with Crippen LogP contribution in [0.25, 0.3) is 0 Å². The first-order valence-corrected chi connectivity index (χ1v) is 5.57. The summed E-state index contributed by atoms with van der Waals surface area (Å²) in [7, 11) is 0. The normalized spacial score (nSPS) is 15.7. The van der Waals surface area contributed by atoms with E-state index in [-0.39, 0.29) is 12.6 Å². The standard InChI is InChI=1S/C11H25NO/c1-4-5-6-7-8-10(2)12-11(3)9-13/h10-13H,4-9H2,1-3H3/t10?,11-/m1/s1. The highest BCUT2D eigenvalue weighted by Crippen LogP contribution is 2.05. The molecule has 0 amide bonds. The lowest BCUT2D eigenvalue weighted by atomic mass is 10.1. The number of aliphatic hydroxyl groups excluding tert-OH is 1. The summed E-state index contributed by atoms with van der Waals surface area (Å²) in [5.74, 6) is 0. The van der Waals surface area contributed by atoms with Gasteiger partial charge in [0.2, 0.25) is 0 Å². The summed E-state index contributed by atoms with van der Waals surface area (Å²) < 4.78 is 0. The van der Waals surface area contributed by atoms with Crippen LogP contribution in [0.3, 0.4) is 0 Å². The molecule has 2 atom stereocenters. The van der Waals surface area contributed by atoms with E-state index >= 15 is 0 Å². The van der Waals surface area contributed by atoms with E-state index in [0.717, 1.165) is 0 Å². The first-order valence-electron chi connectivity index (χ1n) is 5.57. The van der Waals surface area contributed by atoms with Crippen molar-refractivity contribution in [2.75, 3.05) is 6.61 Å². The topological polar surface area (TPSA) is 32.3 Å². The summed E-state index contributed by atoms with van der Waals surface area (Å²) in [4.78, 5) is 0. The summed E-state index contributed by atoms with van der Waals surface area (Å²) >= 11 is 0. The summed E-state index contributed by atoms with van der Waals surface area (Å²) in [5, 5.41) is 12.2. The Hall–Kier alpha value is -0.0800.